The summed E-state index contributed by atoms with van der Waals surface area (Å²) in [6.07, 6.45) is -0.446. The van der Waals surface area contributed by atoms with Crippen LogP contribution in [0.1, 0.15) is 5.56 Å². The third kappa shape index (κ3) is 4.46. The van der Waals surface area contributed by atoms with E-state index in [0.717, 1.165) is 5.56 Å². The molecule has 2 amide bonds. The Morgan fingerprint density at radius 3 is 2.67 bits per heavy atom. The smallest absolute Gasteiger partial charge is 0.410 e. The Bertz CT molecular complexity index is 478. The van der Waals surface area contributed by atoms with E-state index in [1.54, 1.807) is 12.0 Å². The standard InChI is InChI=1S/C15H20N2O4/c1-20-10-9-16-7-8-17(11-14(16)18)15(19)21-12-13-5-3-2-4-6-13/h2-6H,7-12H2,1H3. The lowest BCUT2D eigenvalue weighted by Crippen LogP contribution is -2.53. The van der Waals surface area contributed by atoms with E-state index in [9.17, 15) is 9.59 Å². The molecule has 114 valence electrons. The second-order valence-corrected chi connectivity index (χ2v) is 4.84. The number of hydrogen-bond donors (Lipinski definition) is 0. The molecule has 0 aliphatic carbocycles. The zero-order valence-corrected chi connectivity index (χ0v) is 12.2. The summed E-state index contributed by atoms with van der Waals surface area (Å²) < 4.78 is 10.2. The van der Waals surface area contributed by atoms with Crippen LogP contribution in [-0.2, 0) is 20.9 Å². The lowest BCUT2D eigenvalue weighted by atomic mass is 10.2. The monoisotopic (exact) mass is 292 g/mol. The fraction of sp³-hybridized carbons (Fsp3) is 0.467. The Kier molecular flexibility index (Phi) is 5.57. The molecule has 1 aromatic carbocycles. The van der Waals surface area contributed by atoms with Crippen LogP contribution < -0.4 is 0 Å². The van der Waals surface area contributed by atoms with Crippen molar-refractivity contribution in [2.75, 3.05) is 39.9 Å². The number of hydrogen-bond acceptors (Lipinski definition) is 4. The van der Waals surface area contributed by atoms with Crippen LogP contribution in [0.15, 0.2) is 30.3 Å². The maximum atomic E-state index is 11.9. The molecule has 0 aromatic heterocycles. The van der Waals surface area contributed by atoms with Gasteiger partial charge in [0.25, 0.3) is 0 Å². The summed E-state index contributed by atoms with van der Waals surface area (Å²) in [4.78, 5) is 27.0. The second-order valence-electron chi connectivity index (χ2n) is 4.84. The van der Waals surface area contributed by atoms with Gasteiger partial charge in [-0.05, 0) is 5.56 Å². The van der Waals surface area contributed by atoms with Crippen LogP contribution >= 0.6 is 0 Å². The van der Waals surface area contributed by atoms with Crippen LogP contribution in [0, 0.1) is 0 Å². The van der Waals surface area contributed by atoms with Gasteiger partial charge in [0.15, 0.2) is 0 Å². The molecule has 0 N–H and O–H groups in total. The second kappa shape index (κ2) is 7.64. The van der Waals surface area contributed by atoms with E-state index in [4.69, 9.17) is 9.47 Å². The van der Waals surface area contributed by atoms with Crippen molar-refractivity contribution in [2.24, 2.45) is 0 Å². The topological polar surface area (TPSA) is 59.1 Å². The van der Waals surface area contributed by atoms with Crippen molar-refractivity contribution >= 4 is 12.0 Å². The number of carbonyl (C=O) groups is 2. The first-order valence-electron chi connectivity index (χ1n) is 6.93. The minimum absolute atomic E-state index is 0.0668. The molecule has 0 saturated carbocycles. The summed E-state index contributed by atoms with van der Waals surface area (Å²) in [6, 6.07) is 9.47. The largest absolute Gasteiger partial charge is 0.445 e. The summed E-state index contributed by atoms with van der Waals surface area (Å²) in [5.74, 6) is -0.0741. The first kappa shape index (κ1) is 15.3. The summed E-state index contributed by atoms with van der Waals surface area (Å²) in [7, 11) is 1.60. The van der Waals surface area contributed by atoms with Crippen molar-refractivity contribution in [2.45, 2.75) is 6.61 Å². The molecule has 0 spiro atoms. The normalized spacial score (nSPS) is 15.2. The van der Waals surface area contributed by atoms with Gasteiger partial charge >= 0.3 is 6.09 Å². The highest BCUT2D eigenvalue weighted by molar-refractivity contribution is 5.83. The molecule has 1 aromatic rings. The van der Waals surface area contributed by atoms with Crippen molar-refractivity contribution in [3.8, 4) is 0 Å². The fourth-order valence-corrected chi connectivity index (χ4v) is 2.11. The summed E-state index contributed by atoms with van der Waals surface area (Å²) in [5, 5.41) is 0. The first-order valence-corrected chi connectivity index (χ1v) is 6.93. The molecule has 0 unspecified atom stereocenters. The van der Waals surface area contributed by atoms with Crippen molar-refractivity contribution < 1.29 is 19.1 Å². The third-order valence-electron chi connectivity index (χ3n) is 3.35. The lowest BCUT2D eigenvalue weighted by Gasteiger charge is -2.33. The minimum atomic E-state index is -0.446. The molecule has 6 nitrogen and oxygen atoms in total. The third-order valence-corrected chi connectivity index (χ3v) is 3.35. The molecule has 0 atom stereocenters. The van der Waals surface area contributed by atoms with Gasteiger partial charge in [-0.25, -0.2) is 4.79 Å². The number of rotatable bonds is 5. The van der Waals surface area contributed by atoms with Crippen LogP contribution in [0.25, 0.3) is 0 Å². The molecule has 2 rings (SSSR count). The molecule has 0 bridgehead atoms. The van der Waals surface area contributed by atoms with Crippen molar-refractivity contribution in [3.05, 3.63) is 35.9 Å². The first-order chi connectivity index (χ1) is 10.2. The van der Waals surface area contributed by atoms with E-state index in [1.807, 2.05) is 30.3 Å². The highest BCUT2D eigenvalue weighted by atomic mass is 16.6. The number of nitrogens with zero attached hydrogens (tertiary/aromatic N) is 2. The zero-order valence-electron chi connectivity index (χ0n) is 12.2. The van der Waals surface area contributed by atoms with Crippen LogP contribution in [-0.4, -0.2) is 61.7 Å². The number of benzene rings is 1. The molecule has 1 heterocycles. The minimum Gasteiger partial charge on any atom is -0.445 e. The SMILES string of the molecule is COCCN1CCN(C(=O)OCc2ccccc2)CC1=O. The maximum absolute atomic E-state index is 11.9. The predicted molar refractivity (Wildman–Crippen MR) is 76.7 cm³/mol. The van der Waals surface area contributed by atoms with Crippen LogP contribution in [0.4, 0.5) is 4.79 Å². The molecule has 1 aliphatic heterocycles. The fourth-order valence-electron chi connectivity index (χ4n) is 2.11. The molecule has 1 saturated heterocycles. The van der Waals surface area contributed by atoms with Crippen LogP contribution in [0.3, 0.4) is 0 Å². The lowest BCUT2D eigenvalue weighted by molar-refractivity contribution is -0.136. The molecule has 21 heavy (non-hydrogen) atoms. The molecular formula is C15H20N2O4. The van der Waals surface area contributed by atoms with Crippen molar-refractivity contribution in [1.82, 2.24) is 9.80 Å². The van der Waals surface area contributed by atoms with Gasteiger partial charge in [-0.2, -0.15) is 0 Å². The van der Waals surface area contributed by atoms with Gasteiger partial charge in [0.05, 0.1) is 6.61 Å². The van der Waals surface area contributed by atoms with E-state index < -0.39 is 6.09 Å². The van der Waals surface area contributed by atoms with E-state index >= 15 is 0 Å². The van der Waals surface area contributed by atoms with E-state index in [0.29, 0.717) is 26.2 Å². The number of methoxy groups -OCH3 is 1. The Morgan fingerprint density at radius 1 is 1.24 bits per heavy atom. The van der Waals surface area contributed by atoms with Crippen LogP contribution in [0.5, 0.6) is 0 Å². The van der Waals surface area contributed by atoms with E-state index in [1.165, 1.54) is 4.90 Å². The van der Waals surface area contributed by atoms with Crippen LogP contribution in [0.2, 0.25) is 0 Å². The predicted octanol–water partition coefficient (Wildman–Crippen LogP) is 1.11. The van der Waals surface area contributed by atoms with E-state index in [2.05, 4.69) is 0 Å². The Balaban J connectivity index is 1.78. The average Bonchev–Trinajstić information content (AvgIpc) is 2.52. The van der Waals surface area contributed by atoms with Gasteiger partial charge in [0.2, 0.25) is 5.91 Å². The highest BCUT2D eigenvalue weighted by Gasteiger charge is 2.27. The van der Waals surface area contributed by atoms with E-state index in [-0.39, 0.29) is 19.1 Å². The quantitative estimate of drug-likeness (QED) is 0.816. The van der Waals surface area contributed by atoms with Crippen molar-refractivity contribution in [1.29, 1.82) is 0 Å². The number of ether oxygens (including phenoxy) is 2. The van der Waals surface area contributed by atoms with Crippen molar-refractivity contribution in [3.63, 3.8) is 0 Å². The van der Waals surface area contributed by atoms with Gasteiger partial charge in [-0.3, -0.25) is 9.69 Å². The molecule has 6 heteroatoms. The van der Waals surface area contributed by atoms with Gasteiger partial charge in [-0.15, -0.1) is 0 Å². The van der Waals surface area contributed by atoms with Gasteiger partial charge in [0, 0.05) is 26.7 Å². The average molecular weight is 292 g/mol. The Labute approximate surface area is 124 Å². The van der Waals surface area contributed by atoms with Gasteiger partial charge < -0.3 is 14.4 Å². The summed E-state index contributed by atoms with van der Waals surface area (Å²) in [5.41, 5.74) is 0.927. The number of piperazine rings is 1. The molecule has 1 aliphatic rings. The highest BCUT2D eigenvalue weighted by Crippen LogP contribution is 2.07. The molecule has 1 fully saturated rings. The molecular weight excluding hydrogens is 272 g/mol. The summed E-state index contributed by atoms with van der Waals surface area (Å²) in [6.45, 7) is 2.35. The van der Waals surface area contributed by atoms with Gasteiger partial charge in [0.1, 0.15) is 13.2 Å². The Morgan fingerprint density at radius 2 is 2.00 bits per heavy atom. The Hall–Kier alpha value is -2.08. The number of amides is 2. The summed E-state index contributed by atoms with van der Waals surface area (Å²) >= 11 is 0. The molecule has 0 radical (unpaired) electrons. The number of carbonyl (C=O) groups excluding carboxylic acids is 2. The van der Waals surface area contributed by atoms with Gasteiger partial charge in [-0.1, -0.05) is 30.3 Å². The zero-order chi connectivity index (χ0) is 15.1. The maximum Gasteiger partial charge on any atom is 0.410 e.